The van der Waals surface area contributed by atoms with E-state index in [4.69, 9.17) is 11.6 Å². The Balaban J connectivity index is 1.92. The number of carbonyl (C=O) groups excluding carboxylic acids is 2. The lowest BCUT2D eigenvalue weighted by Crippen LogP contribution is -2.42. The molecule has 0 aliphatic heterocycles. The fraction of sp³-hybridized carbons (Fsp3) is 0.200. The van der Waals surface area contributed by atoms with E-state index >= 15 is 0 Å². The molecule has 0 saturated carbocycles. The third kappa shape index (κ3) is 5.16. The second-order valence-corrected chi connectivity index (χ2v) is 7.84. The number of thioether (sulfide) groups is 1. The molecule has 1 atom stereocenters. The van der Waals surface area contributed by atoms with Crippen LogP contribution < -0.4 is 10.6 Å². The fourth-order valence-electron chi connectivity index (χ4n) is 2.57. The molecule has 2 N–H and O–H groups in total. The van der Waals surface area contributed by atoms with E-state index in [1.54, 1.807) is 26.0 Å². The zero-order chi connectivity index (χ0) is 20.8. The van der Waals surface area contributed by atoms with E-state index < -0.39 is 17.2 Å². The highest BCUT2D eigenvalue weighted by Crippen LogP contribution is 2.30. The molecular formula is C20H20ClN5O2S. The quantitative estimate of drug-likeness (QED) is 0.580. The highest BCUT2D eigenvalue weighted by atomic mass is 35.5. The number of amides is 3. The Morgan fingerprint density at radius 2 is 1.79 bits per heavy atom. The molecule has 0 spiro atoms. The molecule has 0 radical (unpaired) electrons. The van der Waals surface area contributed by atoms with Gasteiger partial charge in [-0.25, -0.2) is 4.79 Å². The standard InChI is InChI=1S/C20H20ClN5O2S/c1-3-22-19(28)23-18(27)13(2)29-20-25-24-17(14-9-11-15(21)12-10-14)26(20)16-7-5-4-6-8-16/h4-13H,3H2,1-2H3,(H2,22,23,27,28)/t13-/m1/s1. The minimum absolute atomic E-state index is 0.406. The Morgan fingerprint density at radius 1 is 1.10 bits per heavy atom. The minimum Gasteiger partial charge on any atom is -0.338 e. The molecule has 0 bridgehead atoms. The molecular weight excluding hydrogens is 410 g/mol. The van der Waals surface area contributed by atoms with Crippen molar-refractivity contribution in [3.63, 3.8) is 0 Å². The van der Waals surface area contributed by atoms with E-state index in [0.717, 1.165) is 11.3 Å². The van der Waals surface area contributed by atoms with Crippen LogP contribution in [0.2, 0.25) is 5.02 Å². The summed E-state index contributed by atoms with van der Waals surface area (Å²) in [6.45, 7) is 3.93. The summed E-state index contributed by atoms with van der Waals surface area (Å²) in [7, 11) is 0. The number of benzene rings is 2. The van der Waals surface area contributed by atoms with Gasteiger partial charge in [-0.15, -0.1) is 10.2 Å². The second kappa shape index (κ2) is 9.58. The van der Waals surface area contributed by atoms with E-state index in [2.05, 4.69) is 20.8 Å². The zero-order valence-corrected chi connectivity index (χ0v) is 17.5. The van der Waals surface area contributed by atoms with Gasteiger partial charge >= 0.3 is 6.03 Å². The molecule has 0 saturated heterocycles. The summed E-state index contributed by atoms with van der Waals surface area (Å²) in [6, 6.07) is 16.4. The number of halogens is 1. The van der Waals surface area contributed by atoms with Crippen LogP contribution in [0, 0.1) is 0 Å². The monoisotopic (exact) mass is 429 g/mol. The molecule has 7 nitrogen and oxygen atoms in total. The Kier molecular flexibility index (Phi) is 6.90. The Hall–Kier alpha value is -2.84. The molecule has 0 aliphatic carbocycles. The van der Waals surface area contributed by atoms with E-state index in [9.17, 15) is 9.59 Å². The Labute approximate surface area is 177 Å². The van der Waals surface area contributed by atoms with Crippen molar-refractivity contribution in [2.45, 2.75) is 24.3 Å². The van der Waals surface area contributed by atoms with Crippen LogP contribution in [0.25, 0.3) is 17.1 Å². The number of aromatic nitrogens is 3. The second-order valence-electron chi connectivity index (χ2n) is 6.09. The average Bonchev–Trinajstić information content (AvgIpc) is 3.12. The van der Waals surface area contributed by atoms with Crippen LogP contribution in [0.15, 0.2) is 59.8 Å². The summed E-state index contributed by atoms with van der Waals surface area (Å²) in [4.78, 5) is 23.9. The molecule has 150 valence electrons. The molecule has 3 aromatic rings. The minimum atomic E-state index is -0.553. The smallest absolute Gasteiger partial charge is 0.321 e. The molecule has 0 fully saturated rings. The van der Waals surface area contributed by atoms with Crippen molar-refractivity contribution in [3.05, 3.63) is 59.6 Å². The van der Waals surface area contributed by atoms with E-state index in [-0.39, 0.29) is 0 Å². The first-order chi connectivity index (χ1) is 14.0. The molecule has 0 unspecified atom stereocenters. The number of para-hydroxylation sites is 1. The van der Waals surface area contributed by atoms with Crippen LogP contribution in [-0.2, 0) is 4.79 Å². The van der Waals surface area contributed by atoms with Crippen molar-refractivity contribution in [1.82, 2.24) is 25.4 Å². The first-order valence-electron chi connectivity index (χ1n) is 9.01. The van der Waals surface area contributed by atoms with Gasteiger partial charge in [0.25, 0.3) is 0 Å². The van der Waals surface area contributed by atoms with E-state index in [1.807, 2.05) is 47.0 Å². The maximum absolute atomic E-state index is 12.3. The van der Waals surface area contributed by atoms with Gasteiger partial charge in [0.2, 0.25) is 5.91 Å². The maximum atomic E-state index is 12.3. The lowest BCUT2D eigenvalue weighted by atomic mass is 10.2. The van der Waals surface area contributed by atoms with Crippen molar-refractivity contribution >= 4 is 35.3 Å². The number of nitrogens with one attached hydrogen (secondary N) is 2. The van der Waals surface area contributed by atoms with Crippen LogP contribution in [0.1, 0.15) is 13.8 Å². The average molecular weight is 430 g/mol. The lowest BCUT2D eigenvalue weighted by Gasteiger charge is -2.13. The fourth-order valence-corrected chi connectivity index (χ4v) is 3.57. The number of hydrogen-bond donors (Lipinski definition) is 2. The van der Waals surface area contributed by atoms with Gasteiger partial charge in [0, 0.05) is 22.8 Å². The largest absolute Gasteiger partial charge is 0.338 e. The molecule has 3 rings (SSSR count). The van der Waals surface area contributed by atoms with Crippen molar-refractivity contribution in [2.75, 3.05) is 6.54 Å². The summed E-state index contributed by atoms with van der Waals surface area (Å²) in [5.74, 6) is 0.225. The SMILES string of the molecule is CCNC(=O)NC(=O)[C@@H](C)Sc1nnc(-c2ccc(Cl)cc2)n1-c1ccccc1. The number of hydrogen-bond acceptors (Lipinski definition) is 5. The summed E-state index contributed by atoms with van der Waals surface area (Å²) < 4.78 is 1.88. The van der Waals surface area contributed by atoms with Crippen LogP contribution in [-0.4, -0.2) is 38.5 Å². The molecule has 1 aromatic heterocycles. The van der Waals surface area contributed by atoms with E-state index in [1.165, 1.54) is 11.8 Å². The van der Waals surface area contributed by atoms with Gasteiger partial charge in [-0.3, -0.25) is 14.7 Å². The predicted molar refractivity (Wildman–Crippen MR) is 114 cm³/mol. The highest BCUT2D eigenvalue weighted by molar-refractivity contribution is 8.00. The van der Waals surface area contributed by atoms with Crippen molar-refractivity contribution in [2.24, 2.45) is 0 Å². The number of urea groups is 1. The van der Waals surface area contributed by atoms with Crippen LogP contribution >= 0.6 is 23.4 Å². The van der Waals surface area contributed by atoms with Gasteiger partial charge in [0.15, 0.2) is 11.0 Å². The van der Waals surface area contributed by atoms with Gasteiger partial charge in [-0.1, -0.05) is 41.6 Å². The Morgan fingerprint density at radius 3 is 2.45 bits per heavy atom. The number of nitrogens with zero attached hydrogens (tertiary/aromatic N) is 3. The van der Waals surface area contributed by atoms with E-state index in [0.29, 0.717) is 22.5 Å². The topological polar surface area (TPSA) is 88.9 Å². The first kappa shape index (κ1) is 20.9. The number of rotatable bonds is 6. The predicted octanol–water partition coefficient (Wildman–Crippen LogP) is 3.91. The summed E-state index contributed by atoms with van der Waals surface area (Å²) in [6.07, 6.45) is 0. The third-order valence-electron chi connectivity index (χ3n) is 3.98. The molecule has 1 heterocycles. The van der Waals surface area contributed by atoms with Crippen molar-refractivity contribution in [1.29, 1.82) is 0 Å². The van der Waals surface area contributed by atoms with Gasteiger partial charge in [0.1, 0.15) is 0 Å². The summed E-state index contributed by atoms with van der Waals surface area (Å²) in [5, 5.41) is 14.1. The summed E-state index contributed by atoms with van der Waals surface area (Å²) >= 11 is 7.23. The van der Waals surface area contributed by atoms with Gasteiger partial charge < -0.3 is 5.32 Å². The molecule has 9 heteroatoms. The first-order valence-corrected chi connectivity index (χ1v) is 10.3. The summed E-state index contributed by atoms with van der Waals surface area (Å²) in [5.41, 5.74) is 1.71. The van der Waals surface area contributed by atoms with Gasteiger partial charge in [-0.05, 0) is 50.2 Å². The zero-order valence-electron chi connectivity index (χ0n) is 15.9. The number of imide groups is 1. The molecule has 0 aliphatic rings. The van der Waals surface area contributed by atoms with Gasteiger partial charge in [0.05, 0.1) is 5.25 Å². The molecule has 29 heavy (non-hydrogen) atoms. The molecule has 3 amide bonds. The van der Waals surface area contributed by atoms with Crippen molar-refractivity contribution < 1.29 is 9.59 Å². The van der Waals surface area contributed by atoms with Crippen LogP contribution in [0.4, 0.5) is 4.79 Å². The Bertz CT molecular complexity index is 992. The molecule has 2 aromatic carbocycles. The third-order valence-corrected chi connectivity index (χ3v) is 5.27. The lowest BCUT2D eigenvalue weighted by molar-refractivity contribution is -0.119. The van der Waals surface area contributed by atoms with Crippen molar-refractivity contribution in [3.8, 4) is 17.1 Å². The van der Waals surface area contributed by atoms with Crippen LogP contribution in [0.5, 0.6) is 0 Å². The van der Waals surface area contributed by atoms with Crippen LogP contribution in [0.3, 0.4) is 0 Å². The highest BCUT2D eigenvalue weighted by Gasteiger charge is 2.22. The number of carbonyl (C=O) groups is 2. The maximum Gasteiger partial charge on any atom is 0.321 e. The van der Waals surface area contributed by atoms with Gasteiger partial charge in [-0.2, -0.15) is 0 Å². The normalized spacial score (nSPS) is 11.7.